The molecule has 6 heteroatoms. The van der Waals surface area contributed by atoms with Crippen LogP contribution in [0.25, 0.3) is 11.0 Å². The van der Waals surface area contributed by atoms with E-state index < -0.39 is 0 Å². The van der Waals surface area contributed by atoms with Gasteiger partial charge in [-0.1, -0.05) is 18.2 Å². The lowest BCUT2D eigenvalue weighted by Gasteiger charge is -2.14. The first-order chi connectivity index (χ1) is 10.6. The third-order valence-electron chi connectivity index (χ3n) is 3.23. The molecule has 3 rings (SSSR count). The third-order valence-corrected chi connectivity index (χ3v) is 3.86. The molecule has 2 aromatic carbocycles. The van der Waals surface area contributed by atoms with Gasteiger partial charge in [-0.2, -0.15) is 5.10 Å². The smallest absolute Gasteiger partial charge is 0.222 e. The minimum atomic E-state index is 0.626. The Morgan fingerprint density at radius 3 is 2.77 bits per heavy atom. The van der Waals surface area contributed by atoms with Crippen LogP contribution in [0.1, 0.15) is 5.56 Å². The number of nitrogens with zero attached hydrogens (tertiary/aromatic N) is 3. The van der Waals surface area contributed by atoms with Gasteiger partial charge in [-0.25, -0.2) is 10.4 Å². The van der Waals surface area contributed by atoms with Gasteiger partial charge in [-0.05, 0) is 45.8 Å². The number of aromatic amines is 1. The predicted octanol–water partition coefficient (Wildman–Crippen LogP) is 3.84. The van der Waals surface area contributed by atoms with Crippen LogP contribution in [-0.4, -0.2) is 30.3 Å². The minimum absolute atomic E-state index is 0.626. The quantitative estimate of drug-likeness (QED) is 0.550. The van der Waals surface area contributed by atoms with Crippen LogP contribution in [0, 0.1) is 0 Å². The average molecular weight is 358 g/mol. The van der Waals surface area contributed by atoms with Crippen LogP contribution < -0.4 is 10.3 Å². The van der Waals surface area contributed by atoms with Crippen molar-refractivity contribution in [1.82, 2.24) is 9.97 Å². The van der Waals surface area contributed by atoms with Gasteiger partial charge in [0.25, 0.3) is 0 Å². The molecule has 0 spiro atoms. The normalized spacial score (nSPS) is 11.2. The molecule has 0 radical (unpaired) electrons. The van der Waals surface area contributed by atoms with Gasteiger partial charge in [0, 0.05) is 18.6 Å². The zero-order valence-corrected chi connectivity index (χ0v) is 13.9. The third kappa shape index (κ3) is 3.12. The molecule has 2 N–H and O–H groups in total. The maximum Gasteiger partial charge on any atom is 0.222 e. The summed E-state index contributed by atoms with van der Waals surface area (Å²) in [5.74, 6) is 0.626. The molecule has 1 aromatic heterocycles. The van der Waals surface area contributed by atoms with Gasteiger partial charge in [0.2, 0.25) is 5.95 Å². The van der Waals surface area contributed by atoms with Gasteiger partial charge in [-0.3, -0.25) is 0 Å². The summed E-state index contributed by atoms with van der Waals surface area (Å²) in [6.07, 6.45) is 1.76. The highest BCUT2D eigenvalue weighted by molar-refractivity contribution is 9.10. The number of fused-ring (bicyclic) bond motifs is 1. The number of imidazole rings is 1. The molecular weight excluding hydrogens is 342 g/mol. The first-order valence-corrected chi connectivity index (χ1v) is 7.63. The molecule has 0 aliphatic rings. The zero-order chi connectivity index (χ0) is 15.5. The van der Waals surface area contributed by atoms with Gasteiger partial charge < -0.3 is 9.88 Å². The van der Waals surface area contributed by atoms with E-state index in [9.17, 15) is 0 Å². The Morgan fingerprint density at radius 1 is 1.23 bits per heavy atom. The van der Waals surface area contributed by atoms with Crippen LogP contribution in [0.2, 0.25) is 0 Å². The van der Waals surface area contributed by atoms with E-state index >= 15 is 0 Å². The highest BCUT2D eigenvalue weighted by Gasteiger charge is 2.02. The molecule has 0 fully saturated rings. The van der Waals surface area contributed by atoms with Crippen molar-refractivity contribution in [2.45, 2.75) is 0 Å². The summed E-state index contributed by atoms with van der Waals surface area (Å²) in [6.45, 7) is 0. The Bertz CT molecular complexity index is 789. The van der Waals surface area contributed by atoms with Crippen LogP contribution in [0.15, 0.2) is 52.0 Å². The van der Waals surface area contributed by atoms with Crippen molar-refractivity contribution in [2.24, 2.45) is 5.10 Å². The predicted molar refractivity (Wildman–Crippen MR) is 95.8 cm³/mol. The molecular formula is C16H16BrN5. The first kappa shape index (κ1) is 14.6. The number of para-hydroxylation sites is 2. The van der Waals surface area contributed by atoms with Gasteiger partial charge in [0.1, 0.15) is 0 Å². The fourth-order valence-electron chi connectivity index (χ4n) is 2.14. The van der Waals surface area contributed by atoms with Crippen molar-refractivity contribution in [1.29, 1.82) is 0 Å². The maximum absolute atomic E-state index is 4.40. The fraction of sp³-hybridized carbons (Fsp3) is 0.125. The largest absolute Gasteiger partial charge is 0.377 e. The van der Waals surface area contributed by atoms with Crippen molar-refractivity contribution < 1.29 is 0 Å². The van der Waals surface area contributed by atoms with Crippen LogP contribution in [-0.2, 0) is 0 Å². The zero-order valence-electron chi connectivity index (χ0n) is 12.3. The summed E-state index contributed by atoms with van der Waals surface area (Å²) < 4.78 is 1.03. The molecule has 3 aromatic rings. The van der Waals surface area contributed by atoms with Crippen LogP contribution in [0.5, 0.6) is 0 Å². The molecule has 1 heterocycles. The van der Waals surface area contributed by atoms with Crippen molar-refractivity contribution in [2.75, 3.05) is 24.4 Å². The van der Waals surface area contributed by atoms with Gasteiger partial charge in [-0.15, -0.1) is 0 Å². The number of aromatic nitrogens is 2. The molecule has 0 aliphatic heterocycles. The molecule has 0 saturated carbocycles. The van der Waals surface area contributed by atoms with E-state index in [4.69, 9.17) is 0 Å². The highest BCUT2D eigenvalue weighted by atomic mass is 79.9. The summed E-state index contributed by atoms with van der Waals surface area (Å²) in [5, 5.41) is 4.22. The number of hydrazone groups is 1. The summed E-state index contributed by atoms with van der Waals surface area (Å²) in [4.78, 5) is 9.62. The number of anilines is 2. The van der Waals surface area contributed by atoms with E-state index in [2.05, 4.69) is 41.3 Å². The lowest BCUT2D eigenvalue weighted by Crippen LogP contribution is -2.09. The number of halogens is 1. The van der Waals surface area contributed by atoms with Crippen molar-refractivity contribution in [3.8, 4) is 0 Å². The summed E-state index contributed by atoms with van der Waals surface area (Å²) in [7, 11) is 4.02. The average Bonchev–Trinajstić information content (AvgIpc) is 2.89. The second-order valence-electron chi connectivity index (χ2n) is 5.08. The Balaban J connectivity index is 1.73. The van der Waals surface area contributed by atoms with Crippen molar-refractivity contribution >= 4 is 44.8 Å². The van der Waals surface area contributed by atoms with E-state index in [1.54, 1.807) is 6.21 Å². The number of nitrogens with one attached hydrogen (secondary N) is 2. The molecule has 0 atom stereocenters. The Labute approximate surface area is 137 Å². The molecule has 22 heavy (non-hydrogen) atoms. The second-order valence-corrected chi connectivity index (χ2v) is 5.93. The van der Waals surface area contributed by atoms with Crippen molar-refractivity contribution in [3.63, 3.8) is 0 Å². The van der Waals surface area contributed by atoms with Crippen molar-refractivity contribution in [3.05, 3.63) is 52.5 Å². The van der Waals surface area contributed by atoms with Gasteiger partial charge in [0.05, 0.1) is 22.9 Å². The highest BCUT2D eigenvalue weighted by Crippen LogP contribution is 2.25. The van der Waals surface area contributed by atoms with E-state index in [0.717, 1.165) is 26.8 Å². The molecule has 5 nitrogen and oxygen atoms in total. The fourth-order valence-corrected chi connectivity index (χ4v) is 2.89. The molecule has 0 amide bonds. The standard InChI is InChI=1S/C16H16BrN5/c1-22(2)15-8-7-11(9-12(15)17)10-18-21-16-19-13-5-3-4-6-14(13)20-16/h3-10H,1-2H3,(H2,19,20,21)/b18-10+. The maximum atomic E-state index is 4.40. The summed E-state index contributed by atoms with van der Waals surface area (Å²) in [6, 6.07) is 14.0. The molecule has 0 saturated heterocycles. The summed E-state index contributed by atoms with van der Waals surface area (Å²) in [5.41, 5.74) is 6.94. The topological polar surface area (TPSA) is 56.3 Å². The Morgan fingerprint density at radius 2 is 2.05 bits per heavy atom. The second kappa shape index (κ2) is 6.19. The van der Waals surface area contributed by atoms with Crippen LogP contribution in [0.3, 0.4) is 0 Å². The molecule has 0 unspecified atom stereocenters. The Hall–Kier alpha value is -2.34. The van der Waals surface area contributed by atoms with Crippen LogP contribution >= 0.6 is 15.9 Å². The molecule has 0 bridgehead atoms. The molecule has 0 aliphatic carbocycles. The molecule has 112 valence electrons. The SMILES string of the molecule is CN(C)c1ccc(/C=N/Nc2nc3ccccc3[nH]2)cc1Br. The van der Waals surface area contributed by atoms with E-state index in [1.165, 1.54) is 0 Å². The van der Waals surface area contributed by atoms with Crippen LogP contribution in [0.4, 0.5) is 11.6 Å². The van der Waals surface area contributed by atoms with Gasteiger partial charge >= 0.3 is 0 Å². The number of hydrogen-bond acceptors (Lipinski definition) is 4. The number of H-pyrrole nitrogens is 1. The van der Waals surface area contributed by atoms with Gasteiger partial charge in [0.15, 0.2) is 0 Å². The first-order valence-electron chi connectivity index (χ1n) is 6.84. The number of benzene rings is 2. The summed E-state index contributed by atoms with van der Waals surface area (Å²) >= 11 is 3.57. The lowest BCUT2D eigenvalue weighted by atomic mass is 10.2. The number of rotatable bonds is 4. The van der Waals surface area contributed by atoms with E-state index in [-0.39, 0.29) is 0 Å². The number of hydrogen-bond donors (Lipinski definition) is 2. The monoisotopic (exact) mass is 357 g/mol. The van der Waals surface area contributed by atoms with E-state index in [0.29, 0.717) is 5.95 Å². The minimum Gasteiger partial charge on any atom is -0.377 e. The van der Waals surface area contributed by atoms with E-state index in [1.807, 2.05) is 56.6 Å². The Kier molecular flexibility index (Phi) is 4.11. The lowest BCUT2D eigenvalue weighted by molar-refractivity contribution is 1.12.